The molecule has 0 radical (unpaired) electrons. The van der Waals surface area contributed by atoms with Crippen molar-refractivity contribution in [3.05, 3.63) is 64.7 Å². The van der Waals surface area contributed by atoms with Crippen LogP contribution in [0.5, 0.6) is 5.75 Å². The molecule has 0 heterocycles. The van der Waals surface area contributed by atoms with Crippen molar-refractivity contribution in [2.24, 2.45) is 0 Å². The third-order valence-electron chi connectivity index (χ3n) is 4.05. The number of aryl methyl sites for hydroxylation is 1. The molecular formula is C21H22F2N2O2. The highest BCUT2D eigenvalue weighted by molar-refractivity contribution is 5.81. The maximum absolute atomic E-state index is 13.1. The van der Waals surface area contributed by atoms with Crippen LogP contribution >= 0.6 is 0 Å². The first-order valence-electron chi connectivity index (χ1n) is 8.76. The van der Waals surface area contributed by atoms with Gasteiger partial charge in [0, 0.05) is 12.1 Å². The Labute approximate surface area is 157 Å². The van der Waals surface area contributed by atoms with E-state index in [4.69, 9.17) is 10.00 Å². The van der Waals surface area contributed by atoms with Crippen LogP contribution in [0.2, 0.25) is 0 Å². The van der Waals surface area contributed by atoms with E-state index in [9.17, 15) is 13.6 Å². The Morgan fingerprint density at radius 3 is 2.67 bits per heavy atom. The van der Waals surface area contributed by atoms with Crippen molar-refractivity contribution in [2.75, 3.05) is 0 Å². The minimum Gasteiger partial charge on any atom is -0.481 e. The van der Waals surface area contributed by atoms with Crippen LogP contribution in [-0.4, -0.2) is 12.0 Å². The first kappa shape index (κ1) is 20.4. The summed E-state index contributed by atoms with van der Waals surface area (Å²) in [4.78, 5) is 12.5. The van der Waals surface area contributed by atoms with Gasteiger partial charge in [-0.05, 0) is 37.1 Å². The van der Waals surface area contributed by atoms with Gasteiger partial charge >= 0.3 is 0 Å². The molecule has 0 saturated heterocycles. The molecule has 1 atom stereocenters. The Morgan fingerprint density at radius 1 is 1.26 bits per heavy atom. The van der Waals surface area contributed by atoms with E-state index < -0.39 is 18.1 Å². The Balaban J connectivity index is 2.09. The molecule has 1 unspecified atom stereocenters. The molecule has 0 aromatic heterocycles. The molecule has 0 spiro atoms. The number of nitrogens with zero attached hydrogens (tertiary/aromatic N) is 1. The van der Waals surface area contributed by atoms with E-state index in [2.05, 4.69) is 5.32 Å². The van der Waals surface area contributed by atoms with Gasteiger partial charge in [-0.2, -0.15) is 5.26 Å². The fourth-order valence-corrected chi connectivity index (χ4v) is 2.69. The van der Waals surface area contributed by atoms with Gasteiger partial charge in [-0.15, -0.1) is 0 Å². The molecule has 2 rings (SSSR count). The molecule has 1 N–H and O–H groups in total. The van der Waals surface area contributed by atoms with Gasteiger partial charge in [0.1, 0.15) is 5.75 Å². The van der Waals surface area contributed by atoms with Gasteiger partial charge < -0.3 is 10.1 Å². The fourth-order valence-electron chi connectivity index (χ4n) is 2.69. The van der Waals surface area contributed by atoms with Crippen molar-refractivity contribution in [1.82, 2.24) is 5.32 Å². The maximum atomic E-state index is 13.1. The molecule has 142 valence electrons. The van der Waals surface area contributed by atoms with E-state index in [-0.39, 0.29) is 17.2 Å². The van der Waals surface area contributed by atoms with Crippen molar-refractivity contribution < 1.29 is 18.3 Å². The Bertz CT molecular complexity index is 831. The number of hydrogen-bond acceptors (Lipinski definition) is 3. The van der Waals surface area contributed by atoms with Crippen molar-refractivity contribution in [3.8, 4) is 11.8 Å². The number of benzene rings is 2. The number of nitrogens with one attached hydrogen (secondary N) is 1. The van der Waals surface area contributed by atoms with E-state index in [1.165, 1.54) is 12.1 Å². The lowest BCUT2D eigenvalue weighted by molar-refractivity contribution is -0.128. The summed E-state index contributed by atoms with van der Waals surface area (Å²) in [6.07, 6.45) is -2.44. The van der Waals surface area contributed by atoms with Crippen LogP contribution < -0.4 is 10.1 Å². The van der Waals surface area contributed by atoms with E-state index in [0.29, 0.717) is 19.4 Å². The topological polar surface area (TPSA) is 62.1 Å². The number of hydrogen-bond donors (Lipinski definition) is 1. The van der Waals surface area contributed by atoms with Gasteiger partial charge in [-0.3, -0.25) is 4.79 Å². The van der Waals surface area contributed by atoms with E-state index >= 15 is 0 Å². The predicted molar refractivity (Wildman–Crippen MR) is 98.5 cm³/mol. The second-order valence-corrected chi connectivity index (χ2v) is 6.26. The van der Waals surface area contributed by atoms with Gasteiger partial charge in [0.2, 0.25) is 0 Å². The van der Waals surface area contributed by atoms with E-state index in [1.807, 2.05) is 38.1 Å². The van der Waals surface area contributed by atoms with Crippen LogP contribution in [-0.2, 0) is 11.3 Å². The molecule has 6 heteroatoms. The second-order valence-electron chi connectivity index (χ2n) is 6.26. The number of amides is 1. The highest BCUT2D eigenvalue weighted by Gasteiger charge is 2.21. The lowest BCUT2D eigenvalue weighted by atomic mass is 10.1. The monoisotopic (exact) mass is 372 g/mol. The van der Waals surface area contributed by atoms with Crippen LogP contribution in [0.3, 0.4) is 0 Å². The van der Waals surface area contributed by atoms with Crippen molar-refractivity contribution in [1.29, 1.82) is 5.26 Å². The molecule has 0 aliphatic heterocycles. The summed E-state index contributed by atoms with van der Waals surface area (Å²) in [5.41, 5.74) is 1.57. The average molecular weight is 372 g/mol. The third kappa shape index (κ3) is 5.78. The van der Waals surface area contributed by atoms with E-state index in [1.54, 1.807) is 6.07 Å². The first-order chi connectivity index (χ1) is 12.9. The molecule has 0 aliphatic carbocycles. The molecule has 1 amide bonds. The number of alkyl halides is 2. The van der Waals surface area contributed by atoms with Gasteiger partial charge in [0.25, 0.3) is 12.3 Å². The SMILES string of the molecule is CCCC(Oc1ccc(C#N)c(C(F)F)c1)C(=O)NCc1cccc(C)c1. The highest BCUT2D eigenvalue weighted by Crippen LogP contribution is 2.27. The highest BCUT2D eigenvalue weighted by atomic mass is 19.3. The predicted octanol–water partition coefficient (Wildman–Crippen LogP) is 4.67. The summed E-state index contributed by atoms with van der Waals surface area (Å²) in [6, 6.07) is 13.4. The fraction of sp³-hybridized carbons (Fsp3) is 0.333. The number of carbonyl (C=O) groups excluding carboxylic acids is 1. The molecule has 0 aliphatic rings. The number of rotatable bonds is 8. The Morgan fingerprint density at radius 2 is 2.04 bits per heavy atom. The lowest BCUT2D eigenvalue weighted by Crippen LogP contribution is -2.38. The normalized spacial score (nSPS) is 11.7. The quantitative estimate of drug-likeness (QED) is 0.733. The molecule has 0 fully saturated rings. The zero-order valence-corrected chi connectivity index (χ0v) is 15.3. The van der Waals surface area contributed by atoms with Crippen LogP contribution in [0, 0.1) is 18.3 Å². The largest absolute Gasteiger partial charge is 0.481 e. The van der Waals surface area contributed by atoms with Crippen molar-refractivity contribution in [2.45, 2.75) is 45.8 Å². The zero-order chi connectivity index (χ0) is 19.8. The maximum Gasteiger partial charge on any atom is 0.265 e. The molecule has 2 aromatic carbocycles. The third-order valence-corrected chi connectivity index (χ3v) is 4.05. The second kappa shape index (κ2) is 9.67. The standard InChI is InChI=1S/C21H22F2N2O2/c1-3-5-19(21(26)25-13-15-7-4-6-14(2)10-15)27-17-9-8-16(12-24)18(11-17)20(22)23/h4,6-11,19-20H,3,5,13H2,1-2H3,(H,25,26). The number of ether oxygens (including phenoxy) is 1. The smallest absolute Gasteiger partial charge is 0.265 e. The molecule has 0 bridgehead atoms. The van der Waals surface area contributed by atoms with Crippen LogP contribution in [0.25, 0.3) is 0 Å². The van der Waals surface area contributed by atoms with Crippen LogP contribution in [0.4, 0.5) is 8.78 Å². The average Bonchev–Trinajstić information content (AvgIpc) is 2.65. The Kier molecular flexibility index (Phi) is 7.30. The first-order valence-corrected chi connectivity index (χ1v) is 8.76. The lowest BCUT2D eigenvalue weighted by Gasteiger charge is -2.19. The summed E-state index contributed by atoms with van der Waals surface area (Å²) in [6.45, 7) is 4.24. The summed E-state index contributed by atoms with van der Waals surface area (Å²) in [7, 11) is 0. The molecule has 2 aromatic rings. The van der Waals surface area contributed by atoms with Crippen LogP contribution in [0.15, 0.2) is 42.5 Å². The molecule has 4 nitrogen and oxygen atoms in total. The summed E-state index contributed by atoms with van der Waals surface area (Å²) in [5.74, 6) is -0.158. The minimum atomic E-state index is -2.79. The van der Waals surface area contributed by atoms with Crippen LogP contribution in [0.1, 0.15) is 48.4 Å². The summed E-state index contributed by atoms with van der Waals surface area (Å²) < 4.78 is 31.9. The van der Waals surface area contributed by atoms with Gasteiger partial charge in [0.05, 0.1) is 11.6 Å². The van der Waals surface area contributed by atoms with Gasteiger partial charge in [-0.25, -0.2) is 8.78 Å². The number of carbonyl (C=O) groups is 1. The summed E-state index contributed by atoms with van der Waals surface area (Å²) in [5, 5.41) is 11.7. The Hall–Kier alpha value is -2.94. The number of nitriles is 1. The van der Waals surface area contributed by atoms with E-state index in [0.717, 1.165) is 17.2 Å². The number of halogens is 2. The minimum absolute atomic E-state index is 0.103. The van der Waals surface area contributed by atoms with Crippen molar-refractivity contribution in [3.63, 3.8) is 0 Å². The summed E-state index contributed by atoms with van der Waals surface area (Å²) >= 11 is 0. The van der Waals surface area contributed by atoms with Gasteiger partial charge in [0.15, 0.2) is 6.10 Å². The molecule has 27 heavy (non-hydrogen) atoms. The zero-order valence-electron chi connectivity index (χ0n) is 15.3. The molecular weight excluding hydrogens is 350 g/mol. The van der Waals surface area contributed by atoms with Gasteiger partial charge in [-0.1, -0.05) is 43.2 Å². The van der Waals surface area contributed by atoms with Crippen molar-refractivity contribution >= 4 is 5.91 Å². The molecule has 0 saturated carbocycles.